The van der Waals surface area contributed by atoms with E-state index in [1.54, 1.807) is 0 Å². The Morgan fingerprint density at radius 3 is 2.58 bits per heavy atom. The highest BCUT2D eigenvalue weighted by Gasteiger charge is 2.33. The van der Waals surface area contributed by atoms with Gasteiger partial charge in [0, 0.05) is 12.0 Å². The highest BCUT2D eigenvalue weighted by Crippen LogP contribution is 2.33. The number of aliphatic hydroxyl groups excluding tert-OH is 2. The Balaban J connectivity index is 2.14. The SMILES string of the molecule is Cc1ccccc1C(CO)(CO)CCC1CCCO1. The van der Waals surface area contributed by atoms with Gasteiger partial charge < -0.3 is 14.9 Å². The predicted octanol–water partition coefficient (Wildman–Crippen LogP) is 2.18. The second kappa shape index (κ2) is 6.51. The largest absolute Gasteiger partial charge is 0.395 e. The molecule has 0 radical (unpaired) electrons. The summed E-state index contributed by atoms with van der Waals surface area (Å²) in [5.41, 5.74) is 1.63. The van der Waals surface area contributed by atoms with E-state index >= 15 is 0 Å². The van der Waals surface area contributed by atoms with Crippen LogP contribution in [0.1, 0.15) is 36.8 Å². The van der Waals surface area contributed by atoms with Gasteiger partial charge in [-0.3, -0.25) is 0 Å². The van der Waals surface area contributed by atoms with Crippen molar-refractivity contribution in [3.63, 3.8) is 0 Å². The molecule has 0 amide bonds. The van der Waals surface area contributed by atoms with Gasteiger partial charge in [0.1, 0.15) is 0 Å². The van der Waals surface area contributed by atoms with Gasteiger partial charge >= 0.3 is 0 Å². The molecule has 3 nitrogen and oxygen atoms in total. The fourth-order valence-electron chi connectivity index (χ4n) is 2.99. The molecule has 1 aliphatic rings. The van der Waals surface area contributed by atoms with Crippen LogP contribution in [0.25, 0.3) is 0 Å². The third kappa shape index (κ3) is 3.16. The standard InChI is InChI=1S/C16H24O3/c1-13-5-2-3-7-15(13)16(11-17,12-18)9-8-14-6-4-10-19-14/h2-3,5,7,14,17-18H,4,6,8-12H2,1H3. The number of ether oxygens (including phenoxy) is 1. The Bertz CT molecular complexity index is 393. The van der Waals surface area contributed by atoms with Crippen LogP contribution in [0, 0.1) is 6.92 Å². The van der Waals surface area contributed by atoms with Crippen molar-refractivity contribution in [2.24, 2.45) is 0 Å². The monoisotopic (exact) mass is 264 g/mol. The van der Waals surface area contributed by atoms with E-state index in [0.717, 1.165) is 43.4 Å². The minimum absolute atomic E-state index is 0.0267. The lowest BCUT2D eigenvalue weighted by atomic mass is 9.75. The first kappa shape index (κ1) is 14.5. The van der Waals surface area contributed by atoms with E-state index in [4.69, 9.17) is 4.74 Å². The fraction of sp³-hybridized carbons (Fsp3) is 0.625. The second-order valence-corrected chi connectivity index (χ2v) is 5.59. The molecule has 19 heavy (non-hydrogen) atoms. The number of aryl methyl sites for hydroxylation is 1. The van der Waals surface area contributed by atoms with Gasteiger partial charge in [-0.05, 0) is 43.7 Å². The molecule has 1 unspecified atom stereocenters. The number of hydrogen-bond donors (Lipinski definition) is 2. The summed E-state index contributed by atoms with van der Waals surface area (Å²) >= 11 is 0. The van der Waals surface area contributed by atoms with E-state index in [1.807, 2.05) is 31.2 Å². The summed E-state index contributed by atoms with van der Waals surface area (Å²) < 4.78 is 5.64. The van der Waals surface area contributed by atoms with Crippen molar-refractivity contribution in [1.29, 1.82) is 0 Å². The van der Waals surface area contributed by atoms with Crippen LogP contribution in [0.3, 0.4) is 0 Å². The Labute approximate surface area is 115 Å². The van der Waals surface area contributed by atoms with Gasteiger partial charge in [-0.2, -0.15) is 0 Å². The molecule has 0 saturated carbocycles. The second-order valence-electron chi connectivity index (χ2n) is 5.59. The van der Waals surface area contributed by atoms with E-state index in [1.165, 1.54) is 0 Å². The zero-order valence-corrected chi connectivity index (χ0v) is 11.6. The van der Waals surface area contributed by atoms with Crippen molar-refractivity contribution >= 4 is 0 Å². The predicted molar refractivity (Wildman–Crippen MR) is 75.2 cm³/mol. The van der Waals surface area contributed by atoms with Crippen LogP contribution in [-0.2, 0) is 10.2 Å². The average molecular weight is 264 g/mol. The third-order valence-corrected chi connectivity index (χ3v) is 4.29. The van der Waals surface area contributed by atoms with E-state index in [9.17, 15) is 10.2 Å². The zero-order chi connectivity index (χ0) is 13.7. The molecule has 106 valence electrons. The summed E-state index contributed by atoms with van der Waals surface area (Å²) in [4.78, 5) is 0. The van der Waals surface area contributed by atoms with E-state index in [0.29, 0.717) is 6.10 Å². The van der Waals surface area contributed by atoms with Gasteiger partial charge in [0.25, 0.3) is 0 Å². The van der Waals surface area contributed by atoms with E-state index in [-0.39, 0.29) is 13.2 Å². The molecule has 1 aromatic rings. The lowest BCUT2D eigenvalue weighted by molar-refractivity contribution is 0.0682. The Hall–Kier alpha value is -0.900. The molecular formula is C16H24O3. The topological polar surface area (TPSA) is 49.7 Å². The maximum Gasteiger partial charge on any atom is 0.0576 e. The van der Waals surface area contributed by atoms with Crippen molar-refractivity contribution in [3.8, 4) is 0 Å². The average Bonchev–Trinajstić information content (AvgIpc) is 2.95. The van der Waals surface area contributed by atoms with Gasteiger partial charge in [-0.15, -0.1) is 0 Å². The molecule has 0 aliphatic carbocycles. The molecule has 1 aromatic carbocycles. The summed E-state index contributed by atoms with van der Waals surface area (Å²) in [5, 5.41) is 19.7. The quantitative estimate of drug-likeness (QED) is 0.828. The van der Waals surface area contributed by atoms with Crippen LogP contribution >= 0.6 is 0 Å². The van der Waals surface area contributed by atoms with Crippen molar-refractivity contribution in [3.05, 3.63) is 35.4 Å². The number of rotatable bonds is 6. The first-order valence-electron chi connectivity index (χ1n) is 7.11. The van der Waals surface area contributed by atoms with Crippen molar-refractivity contribution < 1.29 is 14.9 Å². The Morgan fingerprint density at radius 1 is 1.26 bits per heavy atom. The number of aliphatic hydroxyl groups is 2. The van der Waals surface area contributed by atoms with Crippen LogP contribution in [-0.4, -0.2) is 36.1 Å². The molecule has 0 bridgehead atoms. The lowest BCUT2D eigenvalue weighted by Crippen LogP contribution is -2.36. The Morgan fingerprint density at radius 2 is 2.00 bits per heavy atom. The normalized spacial score (nSPS) is 19.8. The van der Waals surface area contributed by atoms with Crippen LogP contribution in [0.5, 0.6) is 0 Å². The third-order valence-electron chi connectivity index (χ3n) is 4.29. The molecule has 1 atom stereocenters. The summed E-state index contributed by atoms with van der Waals surface area (Å²) in [6.07, 6.45) is 4.17. The van der Waals surface area contributed by atoms with Crippen molar-refractivity contribution in [1.82, 2.24) is 0 Å². The summed E-state index contributed by atoms with van der Waals surface area (Å²) in [5.74, 6) is 0. The van der Waals surface area contributed by atoms with Crippen LogP contribution in [0.4, 0.5) is 0 Å². The molecular weight excluding hydrogens is 240 g/mol. The molecule has 1 aliphatic heterocycles. The zero-order valence-electron chi connectivity index (χ0n) is 11.6. The minimum atomic E-state index is -0.544. The smallest absolute Gasteiger partial charge is 0.0576 e. The van der Waals surface area contributed by atoms with Gasteiger partial charge in [-0.1, -0.05) is 24.3 Å². The minimum Gasteiger partial charge on any atom is -0.395 e. The molecule has 3 heteroatoms. The van der Waals surface area contributed by atoms with Gasteiger partial charge in [0.05, 0.1) is 19.3 Å². The maximum absolute atomic E-state index is 9.83. The summed E-state index contributed by atoms with van der Waals surface area (Å²) in [6.45, 7) is 2.82. The van der Waals surface area contributed by atoms with Crippen LogP contribution in [0.15, 0.2) is 24.3 Å². The Kier molecular flexibility index (Phi) is 4.97. The maximum atomic E-state index is 9.83. The summed E-state index contributed by atoms with van der Waals surface area (Å²) in [6, 6.07) is 7.99. The van der Waals surface area contributed by atoms with Crippen molar-refractivity contribution in [2.75, 3.05) is 19.8 Å². The van der Waals surface area contributed by atoms with E-state index in [2.05, 4.69) is 0 Å². The van der Waals surface area contributed by atoms with Gasteiger partial charge in [0.15, 0.2) is 0 Å². The molecule has 1 fully saturated rings. The molecule has 2 N–H and O–H groups in total. The molecule has 0 spiro atoms. The molecule has 0 aromatic heterocycles. The highest BCUT2D eigenvalue weighted by atomic mass is 16.5. The first-order valence-corrected chi connectivity index (χ1v) is 7.11. The summed E-state index contributed by atoms with van der Waals surface area (Å²) in [7, 11) is 0. The fourth-order valence-corrected chi connectivity index (χ4v) is 2.99. The number of hydrogen-bond acceptors (Lipinski definition) is 3. The first-order chi connectivity index (χ1) is 9.22. The molecule has 1 saturated heterocycles. The van der Waals surface area contributed by atoms with Gasteiger partial charge in [-0.25, -0.2) is 0 Å². The van der Waals surface area contributed by atoms with Crippen LogP contribution in [0.2, 0.25) is 0 Å². The molecule has 1 heterocycles. The van der Waals surface area contributed by atoms with E-state index < -0.39 is 5.41 Å². The van der Waals surface area contributed by atoms with Crippen LogP contribution < -0.4 is 0 Å². The van der Waals surface area contributed by atoms with Crippen molar-refractivity contribution in [2.45, 2.75) is 44.1 Å². The highest BCUT2D eigenvalue weighted by molar-refractivity contribution is 5.33. The number of benzene rings is 1. The lowest BCUT2D eigenvalue weighted by Gasteiger charge is -2.32. The van der Waals surface area contributed by atoms with Gasteiger partial charge in [0.2, 0.25) is 0 Å². The molecule has 2 rings (SSSR count).